The minimum atomic E-state index is -4.57. The van der Waals surface area contributed by atoms with Gasteiger partial charge in [-0.25, -0.2) is 15.6 Å². The molecule has 216 valence electrons. The standard InChI is InChI=1S/C29H38F3N7O/c1-36-17-34-35-26(36)25(20-3-2-4-20)21-7-18(11-33)8-22(10-21)38-14-24-23(29(30,31)32)9-19(13-39(24)27(38)40)12-37-15-28(16-37)5-6-28/h9,13-14,18,20-22,25-26,34-35H,2-8,10,12,15-17H2,1H3/t18?,21?,22?,25-,26?/m0/s1. The predicted octanol–water partition coefficient (Wildman–Crippen LogP) is 3.94. The lowest BCUT2D eigenvalue weighted by atomic mass is 9.63. The average molecular weight is 558 g/mol. The summed E-state index contributed by atoms with van der Waals surface area (Å²) in [7, 11) is 2.08. The summed E-state index contributed by atoms with van der Waals surface area (Å²) >= 11 is 0. The Labute approximate surface area is 232 Å². The summed E-state index contributed by atoms with van der Waals surface area (Å²) in [6.45, 7) is 2.99. The highest BCUT2D eigenvalue weighted by atomic mass is 19.4. The Kier molecular flexibility index (Phi) is 6.35. The second kappa shape index (κ2) is 9.58. The van der Waals surface area contributed by atoms with Gasteiger partial charge in [-0.1, -0.05) is 19.3 Å². The second-order valence-electron chi connectivity index (χ2n) is 13.4. The van der Waals surface area contributed by atoms with E-state index in [1.54, 1.807) is 6.20 Å². The third-order valence-corrected chi connectivity index (χ3v) is 10.6. The first-order valence-corrected chi connectivity index (χ1v) is 14.8. The fourth-order valence-electron chi connectivity index (χ4n) is 8.18. The molecule has 2 aromatic heterocycles. The van der Waals surface area contributed by atoms with Gasteiger partial charge in [-0.15, -0.1) is 0 Å². The van der Waals surface area contributed by atoms with E-state index in [0.717, 1.165) is 39.0 Å². The van der Waals surface area contributed by atoms with Crippen LogP contribution in [0.5, 0.6) is 0 Å². The highest BCUT2D eigenvalue weighted by Crippen LogP contribution is 2.53. The van der Waals surface area contributed by atoms with Crippen LogP contribution in [0.2, 0.25) is 0 Å². The van der Waals surface area contributed by atoms with Crippen LogP contribution in [0.4, 0.5) is 13.2 Å². The van der Waals surface area contributed by atoms with Crippen LogP contribution in [0.15, 0.2) is 23.3 Å². The molecule has 7 rings (SSSR count). The SMILES string of the molecule is CN1CNNC1[C@@H](C1CCC1)C1CC(C#N)CC(n2cc3c(C(F)(F)F)cc(CN4CC5(CC5)C4)cn3c2=O)C1. The number of hydrogen-bond acceptors (Lipinski definition) is 6. The van der Waals surface area contributed by atoms with Gasteiger partial charge in [0.05, 0.1) is 30.0 Å². The molecule has 40 heavy (non-hydrogen) atoms. The molecule has 4 unspecified atom stereocenters. The molecule has 5 fully saturated rings. The Bertz CT molecular complexity index is 1380. The lowest BCUT2D eigenvalue weighted by Gasteiger charge is -2.46. The summed E-state index contributed by atoms with van der Waals surface area (Å²) in [5, 5.41) is 10.00. The molecule has 4 heterocycles. The molecule has 0 amide bonds. The maximum absolute atomic E-state index is 14.3. The number of imidazole rings is 1. The van der Waals surface area contributed by atoms with Crippen LogP contribution in [0.1, 0.15) is 68.5 Å². The number of hydrazine groups is 1. The van der Waals surface area contributed by atoms with E-state index in [4.69, 9.17) is 0 Å². The van der Waals surface area contributed by atoms with Crippen molar-refractivity contribution in [3.8, 4) is 6.07 Å². The number of alkyl halides is 3. The van der Waals surface area contributed by atoms with Crippen LogP contribution in [-0.4, -0.2) is 51.7 Å². The largest absolute Gasteiger partial charge is 0.418 e. The van der Waals surface area contributed by atoms with Crippen molar-refractivity contribution in [2.45, 2.75) is 76.3 Å². The van der Waals surface area contributed by atoms with Crippen molar-refractivity contribution >= 4 is 5.52 Å². The minimum absolute atomic E-state index is 0.101. The molecule has 2 aliphatic heterocycles. The summed E-state index contributed by atoms with van der Waals surface area (Å²) < 4.78 is 45.5. The molecule has 3 aliphatic carbocycles. The van der Waals surface area contributed by atoms with Gasteiger partial charge in [0.15, 0.2) is 0 Å². The maximum atomic E-state index is 14.3. The highest BCUT2D eigenvalue weighted by Gasteiger charge is 2.52. The molecular weight excluding hydrogens is 519 g/mol. The lowest BCUT2D eigenvalue weighted by molar-refractivity contribution is -0.136. The van der Waals surface area contributed by atoms with Crippen LogP contribution < -0.4 is 16.5 Å². The van der Waals surface area contributed by atoms with Crippen molar-refractivity contribution in [3.05, 3.63) is 40.1 Å². The number of nitrogens with one attached hydrogen (secondary N) is 2. The van der Waals surface area contributed by atoms with Crippen LogP contribution in [0.3, 0.4) is 0 Å². The Morgan fingerprint density at radius 1 is 1.15 bits per heavy atom. The molecule has 2 saturated heterocycles. The molecule has 11 heteroatoms. The van der Waals surface area contributed by atoms with Gasteiger partial charge < -0.3 is 0 Å². The number of hydrogen-bond donors (Lipinski definition) is 2. The summed E-state index contributed by atoms with van der Waals surface area (Å²) in [4.78, 5) is 18.2. The topological polar surface area (TPSA) is 80.7 Å². The molecule has 5 atom stereocenters. The molecule has 3 saturated carbocycles. The summed E-state index contributed by atoms with van der Waals surface area (Å²) in [5.74, 6) is 0.814. The predicted molar refractivity (Wildman–Crippen MR) is 143 cm³/mol. The summed E-state index contributed by atoms with van der Waals surface area (Å²) in [6.07, 6.45) is 6.41. The lowest BCUT2D eigenvalue weighted by Crippen LogP contribution is -2.50. The van der Waals surface area contributed by atoms with Crippen molar-refractivity contribution in [3.63, 3.8) is 0 Å². The van der Waals surface area contributed by atoms with Gasteiger partial charge in [0.1, 0.15) is 0 Å². The molecule has 0 radical (unpaired) electrons. The van der Waals surface area contributed by atoms with E-state index >= 15 is 0 Å². The zero-order chi connectivity index (χ0) is 27.8. The molecule has 2 N–H and O–H groups in total. The Morgan fingerprint density at radius 3 is 2.52 bits per heavy atom. The molecule has 5 aliphatic rings. The number of nitriles is 1. The monoisotopic (exact) mass is 557 g/mol. The molecule has 0 bridgehead atoms. The zero-order valence-electron chi connectivity index (χ0n) is 23.0. The van der Waals surface area contributed by atoms with E-state index in [0.29, 0.717) is 42.2 Å². The van der Waals surface area contributed by atoms with Gasteiger partial charge in [0, 0.05) is 44.0 Å². The van der Waals surface area contributed by atoms with E-state index in [-0.39, 0.29) is 29.6 Å². The van der Waals surface area contributed by atoms with Gasteiger partial charge in [0.25, 0.3) is 0 Å². The van der Waals surface area contributed by atoms with Crippen molar-refractivity contribution in [1.82, 2.24) is 29.6 Å². The number of halogens is 3. The smallest absolute Gasteiger partial charge is 0.298 e. The molecule has 2 aromatic rings. The number of rotatable bonds is 6. The quantitative estimate of drug-likeness (QED) is 0.560. The Hall–Kier alpha value is -2.39. The average Bonchev–Trinajstić information content (AvgIpc) is 3.45. The minimum Gasteiger partial charge on any atom is -0.298 e. The van der Waals surface area contributed by atoms with E-state index < -0.39 is 17.4 Å². The molecule has 1 spiro atoms. The van der Waals surface area contributed by atoms with Gasteiger partial charge in [0.2, 0.25) is 0 Å². The van der Waals surface area contributed by atoms with E-state index in [1.165, 1.54) is 40.5 Å². The Morgan fingerprint density at radius 2 is 1.93 bits per heavy atom. The number of fused-ring (bicyclic) bond motifs is 1. The van der Waals surface area contributed by atoms with E-state index in [1.807, 2.05) is 0 Å². The van der Waals surface area contributed by atoms with Gasteiger partial charge in [-0.2, -0.15) is 18.4 Å². The number of likely N-dealkylation sites (tertiary alicyclic amines) is 1. The third kappa shape index (κ3) is 4.57. The van der Waals surface area contributed by atoms with Crippen LogP contribution >= 0.6 is 0 Å². The number of pyridine rings is 1. The van der Waals surface area contributed by atoms with E-state index in [2.05, 4.69) is 33.8 Å². The van der Waals surface area contributed by atoms with Crippen LogP contribution in [0.25, 0.3) is 5.52 Å². The normalized spacial score (nSPS) is 31.7. The van der Waals surface area contributed by atoms with Crippen LogP contribution in [-0.2, 0) is 12.7 Å². The Balaban J connectivity index is 1.22. The van der Waals surface area contributed by atoms with Crippen molar-refractivity contribution < 1.29 is 13.2 Å². The third-order valence-electron chi connectivity index (χ3n) is 10.6. The number of aromatic nitrogens is 2. The first-order chi connectivity index (χ1) is 19.1. The van der Waals surface area contributed by atoms with Gasteiger partial charge >= 0.3 is 11.9 Å². The van der Waals surface area contributed by atoms with Crippen molar-refractivity contribution in [1.29, 1.82) is 5.26 Å². The fourth-order valence-corrected chi connectivity index (χ4v) is 8.18. The van der Waals surface area contributed by atoms with Gasteiger partial charge in [-0.3, -0.25) is 18.8 Å². The maximum Gasteiger partial charge on any atom is 0.418 e. The fraction of sp³-hybridized carbons (Fsp3) is 0.724. The van der Waals surface area contributed by atoms with E-state index in [9.17, 15) is 23.2 Å². The van der Waals surface area contributed by atoms with Crippen LogP contribution in [0, 0.1) is 40.4 Å². The summed E-state index contributed by atoms with van der Waals surface area (Å²) in [6, 6.07) is 3.36. The number of nitrogens with zero attached hydrogens (tertiary/aromatic N) is 5. The first-order valence-electron chi connectivity index (χ1n) is 14.8. The van der Waals surface area contributed by atoms with Crippen molar-refractivity contribution in [2.75, 3.05) is 26.8 Å². The highest BCUT2D eigenvalue weighted by molar-refractivity contribution is 5.56. The molecule has 8 nitrogen and oxygen atoms in total. The zero-order valence-corrected chi connectivity index (χ0v) is 23.0. The second-order valence-corrected chi connectivity index (χ2v) is 13.4. The molecular formula is C29H38F3N7O. The first kappa shape index (κ1) is 26.5. The molecule has 0 aromatic carbocycles. The summed E-state index contributed by atoms with van der Waals surface area (Å²) in [5.41, 5.74) is 6.28. The van der Waals surface area contributed by atoms with Crippen molar-refractivity contribution in [2.24, 2.45) is 29.1 Å². The van der Waals surface area contributed by atoms with Gasteiger partial charge in [-0.05, 0) is 74.0 Å².